The standard InChI is InChI=1S/C12H16N2O2/c1-15-8-9-16-11-5-3-2-4-10(11)12-13-6-7-14-12/h2-5H,6-9H2,1H3,(H,13,14). The van der Waals surface area contributed by atoms with E-state index in [0.717, 1.165) is 30.2 Å². The fraction of sp³-hybridized carbons (Fsp3) is 0.417. The molecule has 1 aromatic carbocycles. The highest BCUT2D eigenvalue weighted by atomic mass is 16.5. The molecule has 0 fully saturated rings. The van der Waals surface area contributed by atoms with Crippen molar-refractivity contribution < 1.29 is 9.47 Å². The van der Waals surface area contributed by atoms with Gasteiger partial charge in [0.05, 0.1) is 18.7 Å². The zero-order valence-corrected chi connectivity index (χ0v) is 9.40. The molecule has 0 atom stereocenters. The van der Waals surface area contributed by atoms with Gasteiger partial charge in [-0.3, -0.25) is 4.99 Å². The van der Waals surface area contributed by atoms with Gasteiger partial charge in [0.15, 0.2) is 0 Å². The van der Waals surface area contributed by atoms with Crippen LogP contribution in [0.4, 0.5) is 0 Å². The molecule has 1 aromatic rings. The highest BCUT2D eigenvalue weighted by Gasteiger charge is 2.12. The van der Waals surface area contributed by atoms with Gasteiger partial charge in [-0.2, -0.15) is 0 Å². The van der Waals surface area contributed by atoms with Crippen LogP contribution in [0.1, 0.15) is 5.56 Å². The number of hydrogen-bond acceptors (Lipinski definition) is 4. The second kappa shape index (κ2) is 5.51. The number of para-hydroxylation sites is 1. The van der Waals surface area contributed by atoms with Gasteiger partial charge in [-0.05, 0) is 12.1 Å². The Balaban J connectivity index is 2.10. The lowest BCUT2D eigenvalue weighted by molar-refractivity contribution is 0.146. The molecular weight excluding hydrogens is 204 g/mol. The second-order valence-corrected chi connectivity index (χ2v) is 3.49. The van der Waals surface area contributed by atoms with Gasteiger partial charge in [-0.15, -0.1) is 0 Å². The topological polar surface area (TPSA) is 42.9 Å². The van der Waals surface area contributed by atoms with E-state index in [1.807, 2.05) is 24.3 Å². The maximum absolute atomic E-state index is 5.64. The molecule has 4 nitrogen and oxygen atoms in total. The van der Waals surface area contributed by atoms with E-state index in [1.54, 1.807) is 7.11 Å². The minimum absolute atomic E-state index is 0.556. The molecule has 16 heavy (non-hydrogen) atoms. The summed E-state index contributed by atoms with van der Waals surface area (Å²) in [6, 6.07) is 7.91. The number of nitrogens with one attached hydrogen (secondary N) is 1. The van der Waals surface area contributed by atoms with Gasteiger partial charge in [-0.1, -0.05) is 12.1 Å². The molecule has 0 saturated carbocycles. The van der Waals surface area contributed by atoms with Crippen molar-refractivity contribution in [2.45, 2.75) is 0 Å². The molecule has 0 aromatic heterocycles. The van der Waals surface area contributed by atoms with Crippen molar-refractivity contribution >= 4 is 5.84 Å². The molecule has 0 saturated heterocycles. The first-order valence-corrected chi connectivity index (χ1v) is 5.41. The third-order valence-corrected chi connectivity index (χ3v) is 2.36. The Labute approximate surface area is 95.3 Å². The van der Waals surface area contributed by atoms with Crippen molar-refractivity contribution in [1.29, 1.82) is 0 Å². The maximum Gasteiger partial charge on any atom is 0.132 e. The van der Waals surface area contributed by atoms with Crippen molar-refractivity contribution in [2.24, 2.45) is 4.99 Å². The van der Waals surface area contributed by atoms with Crippen LogP contribution >= 0.6 is 0 Å². The van der Waals surface area contributed by atoms with E-state index < -0.39 is 0 Å². The first-order valence-electron chi connectivity index (χ1n) is 5.41. The quantitative estimate of drug-likeness (QED) is 0.755. The number of amidine groups is 1. The molecule has 0 aliphatic carbocycles. The summed E-state index contributed by atoms with van der Waals surface area (Å²) >= 11 is 0. The van der Waals surface area contributed by atoms with Crippen LogP contribution in [0.15, 0.2) is 29.3 Å². The largest absolute Gasteiger partial charge is 0.490 e. The molecule has 0 spiro atoms. The molecule has 86 valence electrons. The number of ether oxygens (including phenoxy) is 2. The van der Waals surface area contributed by atoms with Crippen LogP contribution in [0.5, 0.6) is 5.75 Å². The molecule has 0 unspecified atom stereocenters. The molecule has 1 aliphatic heterocycles. The monoisotopic (exact) mass is 220 g/mol. The van der Waals surface area contributed by atoms with Gasteiger partial charge in [0.25, 0.3) is 0 Å². The zero-order chi connectivity index (χ0) is 11.2. The van der Waals surface area contributed by atoms with Crippen LogP contribution in [0.3, 0.4) is 0 Å². The molecule has 4 heteroatoms. The lowest BCUT2D eigenvalue weighted by atomic mass is 10.2. The summed E-state index contributed by atoms with van der Waals surface area (Å²) in [5, 5.41) is 3.24. The fourth-order valence-electron chi connectivity index (χ4n) is 1.60. The van der Waals surface area contributed by atoms with Crippen molar-refractivity contribution in [3.05, 3.63) is 29.8 Å². The Bertz CT molecular complexity index is 377. The molecule has 1 N–H and O–H groups in total. The van der Waals surface area contributed by atoms with Gasteiger partial charge in [0.2, 0.25) is 0 Å². The first-order chi connectivity index (χ1) is 7.92. The smallest absolute Gasteiger partial charge is 0.132 e. The van der Waals surface area contributed by atoms with E-state index in [9.17, 15) is 0 Å². The Morgan fingerprint density at radius 3 is 2.94 bits per heavy atom. The van der Waals surface area contributed by atoms with Crippen LogP contribution in [-0.4, -0.2) is 39.2 Å². The summed E-state index contributed by atoms with van der Waals surface area (Å²) in [7, 11) is 1.66. The third-order valence-electron chi connectivity index (χ3n) is 2.36. The van der Waals surface area contributed by atoms with E-state index >= 15 is 0 Å². The predicted octanol–water partition coefficient (Wildman–Crippen LogP) is 1.06. The van der Waals surface area contributed by atoms with Crippen LogP contribution in [0.25, 0.3) is 0 Å². The molecule has 1 aliphatic rings. The molecule has 2 rings (SSSR count). The number of nitrogens with zero attached hydrogens (tertiary/aromatic N) is 1. The van der Waals surface area contributed by atoms with Crippen molar-refractivity contribution in [1.82, 2.24) is 5.32 Å². The Morgan fingerprint density at radius 2 is 2.19 bits per heavy atom. The van der Waals surface area contributed by atoms with Crippen LogP contribution in [0.2, 0.25) is 0 Å². The summed E-state index contributed by atoms with van der Waals surface area (Å²) in [4.78, 5) is 4.39. The van der Waals surface area contributed by atoms with Gasteiger partial charge in [0, 0.05) is 13.7 Å². The first kappa shape index (κ1) is 11.0. The molecule has 0 bridgehead atoms. The highest BCUT2D eigenvalue weighted by molar-refractivity contribution is 6.02. The zero-order valence-electron chi connectivity index (χ0n) is 9.40. The van der Waals surface area contributed by atoms with E-state index in [-0.39, 0.29) is 0 Å². The maximum atomic E-state index is 5.64. The minimum Gasteiger partial charge on any atom is -0.490 e. The van der Waals surface area contributed by atoms with Crippen molar-refractivity contribution in [2.75, 3.05) is 33.4 Å². The van der Waals surface area contributed by atoms with Crippen LogP contribution in [0, 0.1) is 0 Å². The van der Waals surface area contributed by atoms with Crippen LogP contribution in [-0.2, 0) is 4.74 Å². The molecule has 1 heterocycles. The molecule has 0 radical (unpaired) electrons. The summed E-state index contributed by atoms with van der Waals surface area (Å²) < 4.78 is 10.6. The SMILES string of the molecule is COCCOc1ccccc1C1=NCCN1. The number of benzene rings is 1. The number of aliphatic imine (C=N–C) groups is 1. The second-order valence-electron chi connectivity index (χ2n) is 3.49. The Morgan fingerprint density at radius 1 is 1.31 bits per heavy atom. The lowest BCUT2D eigenvalue weighted by Crippen LogP contribution is -2.20. The third kappa shape index (κ3) is 2.52. The van der Waals surface area contributed by atoms with E-state index in [2.05, 4.69) is 10.3 Å². The van der Waals surface area contributed by atoms with Gasteiger partial charge < -0.3 is 14.8 Å². The minimum atomic E-state index is 0.556. The average Bonchev–Trinajstić information content (AvgIpc) is 2.83. The number of rotatable bonds is 5. The van der Waals surface area contributed by atoms with Crippen molar-refractivity contribution in [3.8, 4) is 5.75 Å². The van der Waals surface area contributed by atoms with Crippen molar-refractivity contribution in [3.63, 3.8) is 0 Å². The van der Waals surface area contributed by atoms with E-state index in [4.69, 9.17) is 9.47 Å². The Kier molecular flexibility index (Phi) is 3.77. The predicted molar refractivity (Wildman–Crippen MR) is 63.2 cm³/mol. The summed E-state index contributed by atoms with van der Waals surface area (Å²) in [5.74, 6) is 1.78. The lowest BCUT2D eigenvalue weighted by Gasteiger charge is -2.11. The van der Waals surface area contributed by atoms with Gasteiger partial charge in [0.1, 0.15) is 18.2 Å². The van der Waals surface area contributed by atoms with Gasteiger partial charge in [-0.25, -0.2) is 0 Å². The number of hydrogen-bond donors (Lipinski definition) is 1. The average molecular weight is 220 g/mol. The molecular formula is C12H16N2O2. The van der Waals surface area contributed by atoms with Gasteiger partial charge >= 0.3 is 0 Å². The fourth-order valence-corrected chi connectivity index (χ4v) is 1.60. The Hall–Kier alpha value is -1.55. The summed E-state index contributed by atoms with van der Waals surface area (Å²) in [6.45, 7) is 2.89. The van der Waals surface area contributed by atoms with E-state index in [0.29, 0.717) is 13.2 Å². The molecule has 0 amide bonds. The van der Waals surface area contributed by atoms with Crippen LogP contribution < -0.4 is 10.1 Å². The van der Waals surface area contributed by atoms with E-state index in [1.165, 1.54) is 0 Å². The summed E-state index contributed by atoms with van der Waals surface area (Å²) in [6.07, 6.45) is 0. The normalized spacial score (nSPS) is 14.4. The number of methoxy groups -OCH3 is 1. The highest BCUT2D eigenvalue weighted by Crippen LogP contribution is 2.19. The summed E-state index contributed by atoms with van der Waals surface area (Å²) in [5.41, 5.74) is 1.02.